The average molecular weight is 262 g/mol. The van der Waals surface area contributed by atoms with Crippen molar-refractivity contribution >= 4 is 17.3 Å². The van der Waals surface area contributed by atoms with Gasteiger partial charge in [0.15, 0.2) is 0 Å². The molecule has 1 saturated carbocycles. The summed E-state index contributed by atoms with van der Waals surface area (Å²) in [6.07, 6.45) is 1.22. The van der Waals surface area contributed by atoms with Crippen LogP contribution >= 0.6 is 11.6 Å². The van der Waals surface area contributed by atoms with Gasteiger partial charge in [-0.1, -0.05) is 13.8 Å². The van der Waals surface area contributed by atoms with Crippen molar-refractivity contribution < 1.29 is 9.84 Å². The molecule has 1 aliphatic carbocycles. The molecule has 3 nitrogen and oxygen atoms in total. The Labute approximate surface area is 109 Å². The maximum absolute atomic E-state index is 10.1. The molecule has 0 aromatic rings. The molecule has 0 heterocycles. The number of ether oxygens (including phenoxy) is 1. The third kappa shape index (κ3) is 3.67. The Morgan fingerprint density at radius 1 is 1.59 bits per heavy atom. The van der Waals surface area contributed by atoms with Gasteiger partial charge >= 0.3 is 0 Å². The molecule has 4 unspecified atom stereocenters. The van der Waals surface area contributed by atoms with Crippen molar-refractivity contribution in [3.05, 3.63) is 0 Å². The lowest BCUT2D eigenvalue weighted by atomic mass is 9.76. The first-order valence-electron chi connectivity index (χ1n) is 6.39. The molecule has 0 bridgehead atoms. The van der Waals surface area contributed by atoms with E-state index in [0.29, 0.717) is 12.5 Å². The highest BCUT2D eigenvalue weighted by atomic mass is 35.5. The molecule has 0 aromatic carbocycles. The summed E-state index contributed by atoms with van der Waals surface area (Å²) in [5.41, 5.74) is 1.11. The van der Waals surface area contributed by atoms with Gasteiger partial charge in [-0.25, -0.2) is 0 Å². The molecule has 0 amide bonds. The minimum Gasteiger partial charge on any atom is -0.391 e. The van der Waals surface area contributed by atoms with E-state index in [4.69, 9.17) is 21.3 Å². The van der Waals surface area contributed by atoms with Crippen LogP contribution in [0.4, 0.5) is 0 Å². The number of aliphatic imine (C=N–C) groups is 1. The number of aliphatic hydroxyl groups excluding tert-OH is 1. The quantitative estimate of drug-likeness (QED) is 0.790. The highest BCUT2D eigenvalue weighted by Gasteiger charge is 2.37. The molecule has 1 aliphatic rings. The first kappa shape index (κ1) is 14.9. The first-order valence-corrected chi connectivity index (χ1v) is 6.83. The highest BCUT2D eigenvalue weighted by Crippen LogP contribution is 2.32. The van der Waals surface area contributed by atoms with Crippen molar-refractivity contribution in [3.63, 3.8) is 0 Å². The van der Waals surface area contributed by atoms with Crippen LogP contribution in [0.5, 0.6) is 0 Å². The molecule has 0 radical (unpaired) electrons. The van der Waals surface area contributed by atoms with Crippen LogP contribution in [0, 0.1) is 11.8 Å². The number of hydrogen-bond acceptors (Lipinski definition) is 3. The summed E-state index contributed by atoms with van der Waals surface area (Å²) >= 11 is 6.17. The Kier molecular flexibility index (Phi) is 5.90. The Morgan fingerprint density at radius 3 is 2.76 bits per heavy atom. The lowest BCUT2D eigenvalue weighted by Gasteiger charge is -2.37. The molecular weight excluding hydrogens is 238 g/mol. The SMILES string of the molecule is CCC1C(=N[C@@H](C)COC)C(C)CC(Cl)C1O. The predicted molar refractivity (Wildman–Crippen MR) is 72.0 cm³/mol. The Morgan fingerprint density at radius 2 is 2.24 bits per heavy atom. The summed E-state index contributed by atoms with van der Waals surface area (Å²) in [6.45, 7) is 6.87. The number of halogens is 1. The molecule has 17 heavy (non-hydrogen) atoms. The van der Waals surface area contributed by atoms with Crippen LogP contribution in [-0.2, 0) is 4.74 Å². The normalized spacial score (nSPS) is 38.4. The van der Waals surface area contributed by atoms with Gasteiger partial charge in [-0.3, -0.25) is 4.99 Å². The second-order valence-electron chi connectivity index (χ2n) is 5.02. The van der Waals surface area contributed by atoms with E-state index in [9.17, 15) is 5.11 Å². The molecule has 0 spiro atoms. The van der Waals surface area contributed by atoms with E-state index in [1.807, 2.05) is 6.92 Å². The summed E-state index contributed by atoms with van der Waals surface area (Å²) in [5.74, 6) is 0.450. The summed E-state index contributed by atoms with van der Waals surface area (Å²) in [6, 6.07) is 0.144. The van der Waals surface area contributed by atoms with E-state index in [1.54, 1.807) is 7.11 Å². The number of methoxy groups -OCH3 is 1. The highest BCUT2D eigenvalue weighted by molar-refractivity contribution is 6.21. The first-order chi connectivity index (χ1) is 8.01. The van der Waals surface area contributed by atoms with Gasteiger partial charge in [0.25, 0.3) is 0 Å². The standard InChI is InChI=1S/C13H24ClNO2/c1-5-10-12(15-9(3)7-17-4)8(2)6-11(14)13(10)16/h8-11,13,16H,5-7H2,1-4H3/t8?,9-,10?,11?,13?/m0/s1. The topological polar surface area (TPSA) is 41.8 Å². The van der Waals surface area contributed by atoms with Gasteiger partial charge in [-0.05, 0) is 25.7 Å². The molecule has 1 rings (SSSR count). The van der Waals surface area contributed by atoms with Gasteiger partial charge in [0.2, 0.25) is 0 Å². The third-order valence-electron chi connectivity index (χ3n) is 3.46. The van der Waals surface area contributed by atoms with Crippen molar-refractivity contribution in [2.24, 2.45) is 16.8 Å². The fraction of sp³-hybridized carbons (Fsp3) is 0.923. The second-order valence-corrected chi connectivity index (χ2v) is 5.58. The fourth-order valence-electron chi connectivity index (χ4n) is 2.60. The van der Waals surface area contributed by atoms with E-state index in [1.165, 1.54) is 0 Å². The van der Waals surface area contributed by atoms with Crippen molar-refractivity contribution in [1.82, 2.24) is 0 Å². The van der Waals surface area contributed by atoms with Gasteiger partial charge in [0.1, 0.15) is 0 Å². The summed E-state index contributed by atoms with van der Waals surface area (Å²) < 4.78 is 5.10. The summed E-state index contributed by atoms with van der Waals surface area (Å²) in [5, 5.41) is 9.98. The molecule has 4 heteroatoms. The molecule has 0 aliphatic heterocycles. The van der Waals surface area contributed by atoms with Gasteiger partial charge in [-0.15, -0.1) is 11.6 Å². The van der Waals surface area contributed by atoms with Crippen LogP contribution in [0.25, 0.3) is 0 Å². The van der Waals surface area contributed by atoms with Crippen LogP contribution in [0.15, 0.2) is 4.99 Å². The van der Waals surface area contributed by atoms with Gasteiger partial charge < -0.3 is 9.84 Å². The van der Waals surface area contributed by atoms with Crippen LogP contribution in [0.1, 0.15) is 33.6 Å². The van der Waals surface area contributed by atoms with Gasteiger partial charge in [-0.2, -0.15) is 0 Å². The van der Waals surface area contributed by atoms with E-state index < -0.39 is 6.10 Å². The summed E-state index contributed by atoms with van der Waals surface area (Å²) in [4.78, 5) is 4.72. The zero-order valence-corrected chi connectivity index (χ0v) is 11.9. The molecule has 0 aromatic heterocycles. The number of nitrogens with zero attached hydrogens (tertiary/aromatic N) is 1. The second kappa shape index (κ2) is 6.72. The van der Waals surface area contributed by atoms with E-state index in [2.05, 4.69) is 13.8 Å². The van der Waals surface area contributed by atoms with E-state index in [0.717, 1.165) is 18.6 Å². The minimum atomic E-state index is -0.466. The third-order valence-corrected chi connectivity index (χ3v) is 3.90. The number of hydrogen-bond donors (Lipinski definition) is 1. The average Bonchev–Trinajstić information content (AvgIpc) is 2.27. The minimum absolute atomic E-state index is 0.0977. The zero-order valence-electron chi connectivity index (χ0n) is 11.2. The van der Waals surface area contributed by atoms with Crippen LogP contribution in [0.2, 0.25) is 0 Å². The van der Waals surface area contributed by atoms with E-state index in [-0.39, 0.29) is 17.3 Å². The van der Waals surface area contributed by atoms with Crippen LogP contribution in [-0.4, -0.2) is 42.1 Å². The van der Waals surface area contributed by atoms with Crippen molar-refractivity contribution in [2.45, 2.75) is 51.1 Å². The Balaban J connectivity index is 2.85. The monoisotopic (exact) mass is 261 g/mol. The Bertz CT molecular complexity index is 270. The van der Waals surface area contributed by atoms with Crippen molar-refractivity contribution in [3.8, 4) is 0 Å². The number of aliphatic hydroxyl groups is 1. The number of alkyl halides is 1. The molecule has 100 valence electrons. The van der Waals surface area contributed by atoms with Crippen molar-refractivity contribution in [1.29, 1.82) is 0 Å². The fourth-order valence-corrected chi connectivity index (χ4v) is 3.04. The maximum Gasteiger partial charge on any atom is 0.0784 e. The summed E-state index contributed by atoms with van der Waals surface area (Å²) in [7, 11) is 1.68. The Hall–Kier alpha value is -0.120. The molecule has 5 atom stereocenters. The van der Waals surface area contributed by atoms with E-state index >= 15 is 0 Å². The van der Waals surface area contributed by atoms with Gasteiger partial charge in [0, 0.05) is 18.7 Å². The maximum atomic E-state index is 10.1. The van der Waals surface area contributed by atoms with Crippen molar-refractivity contribution in [2.75, 3.05) is 13.7 Å². The largest absolute Gasteiger partial charge is 0.391 e. The molecule has 0 saturated heterocycles. The lowest BCUT2D eigenvalue weighted by Crippen LogP contribution is -2.44. The molecule has 1 N–H and O–H groups in total. The molecule has 1 fully saturated rings. The zero-order chi connectivity index (χ0) is 13.0. The van der Waals surface area contributed by atoms with Crippen LogP contribution < -0.4 is 0 Å². The van der Waals surface area contributed by atoms with Gasteiger partial charge in [0.05, 0.1) is 24.1 Å². The molecular formula is C13H24ClNO2. The predicted octanol–water partition coefficient (Wildman–Crippen LogP) is 2.50. The lowest BCUT2D eigenvalue weighted by molar-refractivity contribution is 0.111. The smallest absolute Gasteiger partial charge is 0.0784 e. The number of rotatable bonds is 4. The van der Waals surface area contributed by atoms with Crippen LogP contribution in [0.3, 0.4) is 0 Å².